The minimum absolute atomic E-state index is 0.144. The predicted octanol–water partition coefficient (Wildman–Crippen LogP) is 5.61. The number of benzene rings is 2. The molecule has 0 aromatic heterocycles. The van der Waals surface area contributed by atoms with Crippen LogP contribution in [-0.4, -0.2) is 28.1 Å². The number of hydrogen-bond acceptors (Lipinski definition) is 4. The SMILES string of the molecule is Cc1ccc(C2=NC(C)(C)N=C2SCC(=O)Nc2ccc(Cl)c(Cl)c2)cc1. The molecule has 1 aliphatic heterocycles. The topological polar surface area (TPSA) is 53.8 Å². The lowest BCUT2D eigenvalue weighted by atomic mass is 10.1. The van der Waals surface area contributed by atoms with Gasteiger partial charge in [-0.15, -0.1) is 0 Å². The van der Waals surface area contributed by atoms with Gasteiger partial charge in [0.15, 0.2) is 0 Å². The summed E-state index contributed by atoms with van der Waals surface area (Å²) >= 11 is 13.3. The van der Waals surface area contributed by atoms with Crippen LogP contribution in [0.3, 0.4) is 0 Å². The summed E-state index contributed by atoms with van der Waals surface area (Å²) in [7, 11) is 0. The van der Waals surface area contributed by atoms with Crippen molar-refractivity contribution in [2.75, 3.05) is 11.1 Å². The third kappa shape index (κ3) is 5.12. The smallest absolute Gasteiger partial charge is 0.234 e. The summed E-state index contributed by atoms with van der Waals surface area (Å²) in [5.41, 5.74) is 3.09. The van der Waals surface area contributed by atoms with Crippen LogP contribution in [0, 0.1) is 6.92 Å². The molecule has 1 amide bonds. The molecule has 0 bridgehead atoms. The van der Waals surface area contributed by atoms with Crippen molar-refractivity contribution in [2.24, 2.45) is 9.98 Å². The van der Waals surface area contributed by atoms with Gasteiger partial charge < -0.3 is 5.32 Å². The van der Waals surface area contributed by atoms with Crippen molar-refractivity contribution in [3.05, 3.63) is 63.6 Å². The summed E-state index contributed by atoms with van der Waals surface area (Å²) in [5, 5.41) is 4.44. The molecule has 3 rings (SSSR count). The van der Waals surface area contributed by atoms with E-state index in [1.54, 1.807) is 18.2 Å². The maximum absolute atomic E-state index is 12.3. The molecule has 2 aromatic rings. The van der Waals surface area contributed by atoms with E-state index in [0.717, 1.165) is 16.3 Å². The maximum Gasteiger partial charge on any atom is 0.234 e. The molecule has 0 radical (unpaired) electrons. The first-order valence-corrected chi connectivity index (χ1v) is 10.1. The molecular formula is C20H19Cl2N3OS. The molecule has 0 fully saturated rings. The van der Waals surface area contributed by atoms with Gasteiger partial charge in [-0.1, -0.05) is 64.8 Å². The molecule has 0 spiro atoms. The van der Waals surface area contributed by atoms with Gasteiger partial charge in [-0.2, -0.15) is 0 Å². The van der Waals surface area contributed by atoms with E-state index in [1.165, 1.54) is 17.3 Å². The number of hydrogen-bond donors (Lipinski definition) is 1. The summed E-state index contributed by atoms with van der Waals surface area (Å²) in [5.74, 6) is 0.0779. The van der Waals surface area contributed by atoms with E-state index in [2.05, 4.69) is 10.3 Å². The van der Waals surface area contributed by atoms with Crippen LogP contribution in [0.4, 0.5) is 5.69 Å². The number of rotatable bonds is 4. The number of amides is 1. The molecule has 7 heteroatoms. The number of nitrogens with one attached hydrogen (secondary N) is 1. The molecule has 27 heavy (non-hydrogen) atoms. The number of thioether (sulfide) groups is 1. The lowest BCUT2D eigenvalue weighted by Gasteiger charge is -2.08. The molecule has 4 nitrogen and oxygen atoms in total. The fourth-order valence-corrected chi connectivity index (χ4v) is 3.78. The van der Waals surface area contributed by atoms with Gasteiger partial charge in [-0.05, 0) is 39.0 Å². The Labute approximate surface area is 173 Å². The average Bonchev–Trinajstić information content (AvgIpc) is 2.92. The van der Waals surface area contributed by atoms with E-state index in [1.807, 2.05) is 45.0 Å². The molecule has 140 valence electrons. The molecule has 0 saturated heterocycles. The summed E-state index contributed by atoms with van der Waals surface area (Å²) in [6, 6.07) is 13.1. The van der Waals surface area contributed by atoms with E-state index < -0.39 is 5.66 Å². The molecule has 2 aromatic carbocycles. The number of carbonyl (C=O) groups is 1. The van der Waals surface area contributed by atoms with Crippen molar-refractivity contribution in [3.63, 3.8) is 0 Å². The normalized spacial score (nSPS) is 15.3. The van der Waals surface area contributed by atoms with E-state index >= 15 is 0 Å². The van der Waals surface area contributed by atoms with Crippen LogP contribution in [0.5, 0.6) is 0 Å². The number of aliphatic imine (C=N–C) groups is 2. The van der Waals surface area contributed by atoms with Crippen molar-refractivity contribution in [1.82, 2.24) is 0 Å². The molecule has 1 N–H and O–H groups in total. The van der Waals surface area contributed by atoms with E-state index in [9.17, 15) is 4.79 Å². The Bertz CT molecular complexity index is 937. The van der Waals surface area contributed by atoms with Gasteiger partial charge in [0, 0.05) is 11.3 Å². The highest BCUT2D eigenvalue weighted by molar-refractivity contribution is 8.16. The van der Waals surface area contributed by atoms with Crippen LogP contribution in [0.1, 0.15) is 25.0 Å². The molecule has 1 heterocycles. The second kappa shape index (κ2) is 8.05. The Kier molecular flexibility index (Phi) is 5.94. The highest BCUT2D eigenvalue weighted by atomic mass is 35.5. The second-order valence-corrected chi connectivity index (χ2v) is 8.48. The first kappa shape index (κ1) is 19.9. The van der Waals surface area contributed by atoms with Gasteiger partial charge in [0.05, 0.1) is 21.5 Å². The first-order valence-electron chi connectivity index (χ1n) is 8.38. The first-order chi connectivity index (χ1) is 12.7. The number of aryl methyl sites for hydroxylation is 1. The second-order valence-electron chi connectivity index (χ2n) is 6.70. The fourth-order valence-electron chi connectivity index (χ4n) is 2.55. The molecule has 1 aliphatic rings. The number of nitrogens with zero attached hydrogens (tertiary/aromatic N) is 2. The van der Waals surface area contributed by atoms with Gasteiger partial charge in [-0.3, -0.25) is 9.79 Å². The summed E-state index contributed by atoms with van der Waals surface area (Å²) < 4.78 is 0. The summed E-state index contributed by atoms with van der Waals surface area (Å²) in [6.07, 6.45) is 0. The largest absolute Gasteiger partial charge is 0.325 e. The highest BCUT2D eigenvalue weighted by Gasteiger charge is 2.28. The third-order valence-corrected chi connectivity index (χ3v) is 5.54. The van der Waals surface area contributed by atoms with E-state index in [4.69, 9.17) is 28.2 Å². The van der Waals surface area contributed by atoms with Crippen molar-refractivity contribution in [2.45, 2.75) is 26.4 Å². The van der Waals surface area contributed by atoms with E-state index in [0.29, 0.717) is 15.7 Å². The van der Waals surface area contributed by atoms with Gasteiger partial charge >= 0.3 is 0 Å². The van der Waals surface area contributed by atoms with Gasteiger partial charge in [0.25, 0.3) is 0 Å². The Morgan fingerprint density at radius 2 is 1.78 bits per heavy atom. The standard InChI is InChI=1S/C20H19Cl2N3OS/c1-12-4-6-13(7-5-12)18-19(25-20(2,3)24-18)27-11-17(26)23-14-8-9-15(21)16(22)10-14/h4-10H,11H2,1-3H3,(H,23,26). The molecule has 0 saturated carbocycles. The highest BCUT2D eigenvalue weighted by Crippen LogP contribution is 2.28. The molecule has 0 atom stereocenters. The van der Waals surface area contributed by atoms with Crippen molar-refractivity contribution in [3.8, 4) is 0 Å². The minimum Gasteiger partial charge on any atom is -0.325 e. The molecular weight excluding hydrogens is 401 g/mol. The van der Waals surface area contributed by atoms with Crippen LogP contribution < -0.4 is 5.32 Å². The average molecular weight is 420 g/mol. The molecule has 0 aliphatic carbocycles. The lowest BCUT2D eigenvalue weighted by Crippen LogP contribution is -2.17. The van der Waals surface area contributed by atoms with Crippen molar-refractivity contribution >= 4 is 57.3 Å². The van der Waals surface area contributed by atoms with Crippen LogP contribution in [0.25, 0.3) is 0 Å². The minimum atomic E-state index is -0.525. The Hall–Kier alpha value is -1.82. The Balaban J connectivity index is 1.68. The van der Waals surface area contributed by atoms with E-state index in [-0.39, 0.29) is 11.7 Å². The predicted molar refractivity (Wildman–Crippen MR) is 117 cm³/mol. The lowest BCUT2D eigenvalue weighted by molar-refractivity contribution is -0.113. The van der Waals surface area contributed by atoms with Gasteiger partial charge in [-0.25, -0.2) is 4.99 Å². The maximum atomic E-state index is 12.3. The quantitative estimate of drug-likeness (QED) is 0.699. The van der Waals surface area contributed by atoms with Gasteiger partial charge in [0.2, 0.25) is 5.91 Å². The summed E-state index contributed by atoms with van der Waals surface area (Å²) in [6.45, 7) is 5.94. The zero-order chi connectivity index (χ0) is 19.6. The Morgan fingerprint density at radius 1 is 1.07 bits per heavy atom. The zero-order valence-corrected chi connectivity index (χ0v) is 17.5. The van der Waals surface area contributed by atoms with Crippen LogP contribution in [0.2, 0.25) is 10.0 Å². The summed E-state index contributed by atoms with van der Waals surface area (Å²) in [4.78, 5) is 21.7. The van der Waals surface area contributed by atoms with Gasteiger partial charge in [0.1, 0.15) is 10.7 Å². The monoisotopic (exact) mass is 419 g/mol. The van der Waals surface area contributed by atoms with Crippen LogP contribution in [-0.2, 0) is 4.79 Å². The number of halogens is 2. The van der Waals surface area contributed by atoms with Crippen molar-refractivity contribution < 1.29 is 4.79 Å². The van der Waals surface area contributed by atoms with Crippen LogP contribution in [0.15, 0.2) is 52.4 Å². The third-order valence-electron chi connectivity index (χ3n) is 3.83. The van der Waals surface area contributed by atoms with Crippen LogP contribution >= 0.6 is 35.0 Å². The Morgan fingerprint density at radius 3 is 2.44 bits per heavy atom. The number of anilines is 1. The van der Waals surface area contributed by atoms with Crippen molar-refractivity contribution in [1.29, 1.82) is 0 Å². The zero-order valence-electron chi connectivity index (χ0n) is 15.2. The fraction of sp³-hybridized carbons (Fsp3) is 0.250. The number of carbonyl (C=O) groups excluding carboxylic acids is 1. The molecule has 0 unspecified atom stereocenters.